The summed E-state index contributed by atoms with van der Waals surface area (Å²) in [6, 6.07) is 0. The van der Waals surface area contributed by atoms with Crippen molar-refractivity contribution in [3.63, 3.8) is 0 Å². The Bertz CT molecular complexity index is 353. The van der Waals surface area contributed by atoms with Gasteiger partial charge in [-0.1, -0.05) is 0 Å². The van der Waals surface area contributed by atoms with E-state index in [1.165, 1.54) is 0 Å². The molecule has 1 saturated heterocycles. The first kappa shape index (κ1) is 7.53. The lowest BCUT2D eigenvalue weighted by molar-refractivity contribution is 0.268. The molecule has 1 aliphatic heterocycles. The van der Waals surface area contributed by atoms with Crippen LogP contribution in [0.15, 0.2) is 0 Å². The van der Waals surface area contributed by atoms with Gasteiger partial charge >= 0.3 is 0 Å². The van der Waals surface area contributed by atoms with Crippen LogP contribution in [0.25, 0.3) is 0 Å². The monoisotopic (exact) mass is 203 g/mol. The maximum atomic E-state index is 7.55. The Kier molecular flexibility index (Phi) is 0.963. The molecule has 15 heavy (non-hydrogen) atoms. The minimum Gasteiger partial charge on any atom is -0.370 e. The van der Waals surface area contributed by atoms with Crippen molar-refractivity contribution in [2.75, 3.05) is 13.1 Å². The van der Waals surface area contributed by atoms with Crippen LogP contribution in [0.1, 0.15) is 6.42 Å². The molecular weight excluding hydrogens is 186 g/mol. The molecule has 3 heteroatoms. The van der Waals surface area contributed by atoms with E-state index in [0.717, 1.165) is 60.4 Å². The number of hydrogen-bond donors (Lipinski definition) is 2. The van der Waals surface area contributed by atoms with Crippen molar-refractivity contribution in [2.24, 2.45) is 53.1 Å². The van der Waals surface area contributed by atoms with Crippen molar-refractivity contribution in [2.45, 2.75) is 6.42 Å². The van der Waals surface area contributed by atoms with Crippen LogP contribution in [-0.2, 0) is 0 Å². The largest absolute Gasteiger partial charge is 0.370 e. The van der Waals surface area contributed by atoms with E-state index in [1.807, 2.05) is 0 Å². The van der Waals surface area contributed by atoms with Crippen molar-refractivity contribution in [3.05, 3.63) is 0 Å². The summed E-state index contributed by atoms with van der Waals surface area (Å²) in [5, 5.41) is 7.55. The average molecular weight is 203 g/mol. The molecule has 0 aromatic heterocycles. The maximum Gasteiger partial charge on any atom is 0.188 e. The Morgan fingerprint density at radius 3 is 1.93 bits per heavy atom. The minimum atomic E-state index is 0.310. The number of nitrogens with two attached hydrogens (primary N) is 1. The molecular formula is C12H17N3. The molecule has 0 radical (unpaired) electrons. The summed E-state index contributed by atoms with van der Waals surface area (Å²) in [7, 11) is 0. The van der Waals surface area contributed by atoms with Gasteiger partial charge in [-0.25, -0.2) is 0 Å². The summed E-state index contributed by atoms with van der Waals surface area (Å²) in [6.07, 6.45) is 1.57. The number of hydrogen-bond acceptors (Lipinski definition) is 1. The zero-order valence-corrected chi connectivity index (χ0v) is 8.76. The Morgan fingerprint density at radius 1 is 0.933 bits per heavy atom. The molecule has 0 aromatic rings. The molecule has 1 heterocycles. The third-order valence-corrected chi connectivity index (χ3v) is 6.46. The van der Waals surface area contributed by atoms with E-state index in [0.29, 0.717) is 5.96 Å². The van der Waals surface area contributed by atoms with Crippen molar-refractivity contribution >= 4 is 5.96 Å². The Morgan fingerprint density at radius 2 is 1.47 bits per heavy atom. The molecule has 6 fully saturated rings. The van der Waals surface area contributed by atoms with Crippen LogP contribution in [0.2, 0.25) is 0 Å². The standard InChI is InChI=1S/C12H17N3/c13-12(14)15-2-6-7(3-15)9-4-1-5-10(8(4)6)11(5)9/h4-11H,1-3H2,(H3,13,14)/t4?,5?,6-,7+,8+,9-,10+,11-. The normalized spacial score (nSPS) is 66.3. The van der Waals surface area contributed by atoms with Crippen molar-refractivity contribution < 1.29 is 0 Å². The molecule has 3 N–H and O–H groups in total. The Hall–Kier alpha value is -0.730. The molecule has 5 aliphatic carbocycles. The van der Waals surface area contributed by atoms with Crippen LogP contribution in [0.5, 0.6) is 0 Å². The van der Waals surface area contributed by atoms with Gasteiger partial charge in [0.1, 0.15) is 0 Å². The van der Waals surface area contributed by atoms with E-state index in [9.17, 15) is 0 Å². The fourth-order valence-electron chi connectivity index (χ4n) is 6.35. The first-order valence-corrected chi connectivity index (χ1v) is 6.36. The van der Waals surface area contributed by atoms with Gasteiger partial charge in [-0.15, -0.1) is 0 Å². The van der Waals surface area contributed by atoms with Gasteiger partial charge in [0.2, 0.25) is 0 Å². The molecule has 0 amide bonds. The fraction of sp³-hybridized carbons (Fsp3) is 0.917. The Balaban J connectivity index is 1.53. The summed E-state index contributed by atoms with van der Waals surface area (Å²) in [5.41, 5.74) is 5.61. The highest BCUT2D eigenvalue weighted by Crippen LogP contribution is 2.83. The molecule has 6 aliphatic rings. The number of nitrogens with one attached hydrogen (secondary N) is 1. The second-order valence-corrected chi connectivity index (χ2v) is 6.49. The van der Waals surface area contributed by atoms with E-state index >= 15 is 0 Å². The van der Waals surface area contributed by atoms with E-state index in [4.69, 9.17) is 11.1 Å². The van der Waals surface area contributed by atoms with Crippen LogP contribution >= 0.6 is 0 Å². The van der Waals surface area contributed by atoms with Crippen LogP contribution in [0.4, 0.5) is 0 Å². The lowest BCUT2D eigenvalue weighted by Crippen LogP contribution is -2.36. The molecule has 6 rings (SSSR count). The SMILES string of the molecule is N=C(N)N1C[C@@H]2[C@H](C1)[C@H]1C3CC4[C@H]([C@H]41)[C@@H]32. The van der Waals surface area contributed by atoms with Gasteiger partial charge < -0.3 is 10.6 Å². The minimum absolute atomic E-state index is 0.310. The average Bonchev–Trinajstić information content (AvgIpc) is 2.73. The molecule has 80 valence electrons. The quantitative estimate of drug-likeness (QED) is 0.447. The number of fused-ring (bicyclic) bond motifs is 1. The summed E-state index contributed by atoms with van der Waals surface area (Å²) < 4.78 is 0. The van der Waals surface area contributed by atoms with Gasteiger partial charge in [-0.05, 0) is 53.8 Å². The highest BCUT2D eigenvalue weighted by molar-refractivity contribution is 5.75. The van der Waals surface area contributed by atoms with Gasteiger partial charge in [0.15, 0.2) is 5.96 Å². The number of likely N-dealkylation sites (tertiary alicyclic amines) is 1. The van der Waals surface area contributed by atoms with Gasteiger partial charge in [0.05, 0.1) is 0 Å². The van der Waals surface area contributed by atoms with Crippen molar-refractivity contribution in [1.82, 2.24) is 4.90 Å². The van der Waals surface area contributed by atoms with Crippen molar-refractivity contribution in [1.29, 1.82) is 5.41 Å². The van der Waals surface area contributed by atoms with Crippen LogP contribution in [0, 0.1) is 52.8 Å². The maximum absolute atomic E-state index is 7.55. The van der Waals surface area contributed by atoms with Gasteiger partial charge in [0.25, 0.3) is 0 Å². The fourth-order valence-corrected chi connectivity index (χ4v) is 6.35. The zero-order chi connectivity index (χ0) is 9.89. The summed E-state index contributed by atoms with van der Waals surface area (Å²) in [5.74, 6) is 8.77. The van der Waals surface area contributed by atoms with E-state index < -0.39 is 0 Å². The van der Waals surface area contributed by atoms with Gasteiger partial charge in [0, 0.05) is 13.1 Å². The molecule has 8 atom stereocenters. The molecule has 5 saturated carbocycles. The van der Waals surface area contributed by atoms with E-state index in [-0.39, 0.29) is 0 Å². The number of rotatable bonds is 0. The molecule has 0 aromatic carbocycles. The van der Waals surface area contributed by atoms with E-state index in [1.54, 1.807) is 6.42 Å². The Labute approximate surface area is 89.5 Å². The second kappa shape index (κ2) is 1.92. The first-order chi connectivity index (χ1) is 7.27. The topological polar surface area (TPSA) is 53.1 Å². The molecule has 3 nitrogen and oxygen atoms in total. The van der Waals surface area contributed by atoms with Gasteiger partial charge in [-0.3, -0.25) is 5.41 Å². The number of nitrogens with zero attached hydrogens (tertiary/aromatic N) is 1. The van der Waals surface area contributed by atoms with Crippen LogP contribution in [0.3, 0.4) is 0 Å². The molecule has 0 spiro atoms. The predicted octanol–water partition coefficient (Wildman–Crippen LogP) is 0.570. The highest BCUT2D eigenvalue weighted by atomic mass is 15.3. The van der Waals surface area contributed by atoms with Gasteiger partial charge in [-0.2, -0.15) is 0 Å². The predicted molar refractivity (Wildman–Crippen MR) is 56.0 cm³/mol. The molecule has 6 bridgehead atoms. The lowest BCUT2D eigenvalue weighted by Gasteiger charge is -2.21. The summed E-state index contributed by atoms with van der Waals surface area (Å²) in [4.78, 5) is 2.12. The third-order valence-electron chi connectivity index (χ3n) is 6.46. The summed E-state index contributed by atoms with van der Waals surface area (Å²) in [6.45, 7) is 2.21. The number of guanidine groups is 1. The smallest absolute Gasteiger partial charge is 0.188 e. The lowest BCUT2D eigenvalue weighted by atomic mass is 9.82. The van der Waals surface area contributed by atoms with Crippen LogP contribution in [-0.4, -0.2) is 23.9 Å². The summed E-state index contributed by atoms with van der Waals surface area (Å²) >= 11 is 0. The highest BCUT2D eigenvalue weighted by Gasteiger charge is 2.80. The third kappa shape index (κ3) is 0.594. The molecule has 2 unspecified atom stereocenters. The second-order valence-electron chi connectivity index (χ2n) is 6.49. The van der Waals surface area contributed by atoms with E-state index in [2.05, 4.69) is 4.90 Å². The van der Waals surface area contributed by atoms with Crippen LogP contribution < -0.4 is 5.73 Å². The van der Waals surface area contributed by atoms with Crippen molar-refractivity contribution in [3.8, 4) is 0 Å². The zero-order valence-electron chi connectivity index (χ0n) is 8.76. The first-order valence-electron chi connectivity index (χ1n) is 6.36.